The van der Waals surface area contributed by atoms with Crippen LogP contribution in [-0.4, -0.2) is 42.9 Å². The summed E-state index contributed by atoms with van der Waals surface area (Å²) in [5.74, 6) is 0.693. The number of hydrogen-bond acceptors (Lipinski definition) is 7. The van der Waals surface area contributed by atoms with Crippen LogP contribution in [0.1, 0.15) is 47.4 Å². The smallest absolute Gasteiger partial charge is 0.420 e. The Hall–Kier alpha value is -3.20. The lowest BCUT2D eigenvalue weighted by atomic mass is 10.1. The Morgan fingerprint density at radius 2 is 1.72 bits per heavy atom. The highest BCUT2D eigenvalue weighted by atomic mass is 35.5. The fourth-order valence-corrected chi connectivity index (χ4v) is 3.24. The third kappa shape index (κ3) is 5.53. The van der Waals surface area contributed by atoms with E-state index in [1.165, 1.54) is 10.8 Å². The lowest BCUT2D eigenvalue weighted by molar-refractivity contribution is 0.0542. The highest BCUT2D eigenvalue weighted by Crippen LogP contribution is 2.35. The molecular formula is C22H26ClN5O4. The number of nitrogens with zero attached hydrogens (tertiary/aromatic N) is 4. The molecule has 9 nitrogen and oxygen atoms in total. The number of aromatic nitrogens is 4. The lowest BCUT2D eigenvalue weighted by Gasteiger charge is -2.19. The van der Waals surface area contributed by atoms with E-state index in [0.29, 0.717) is 28.0 Å². The molecule has 3 rings (SSSR count). The van der Waals surface area contributed by atoms with E-state index in [-0.39, 0.29) is 11.0 Å². The molecule has 0 atom stereocenters. The molecule has 170 valence electrons. The van der Waals surface area contributed by atoms with E-state index in [4.69, 9.17) is 21.1 Å². The average molecular weight is 460 g/mol. The number of carbonyl (C=O) groups is 2. The van der Waals surface area contributed by atoms with Crippen molar-refractivity contribution in [1.82, 2.24) is 19.5 Å². The number of hydrogen-bond donors (Lipinski definition) is 1. The second kappa shape index (κ2) is 8.38. The highest BCUT2D eigenvalue weighted by Gasteiger charge is 2.24. The van der Waals surface area contributed by atoms with Gasteiger partial charge in [-0.25, -0.2) is 29.1 Å². The maximum absolute atomic E-state index is 12.8. The van der Waals surface area contributed by atoms with Gasteiger partial charge in [-0.2, -0.15) is 0 Å². The largest absolute Gasteiger partial charge is 0.444 e. The van der Waals surface area contributed by atoms with Gasteiger partial charge >= 0.3 is 12.2 Å². The number of ether oxygens (including phenoxy) is 2. The molecule has 0 fully saturated rings. The summed E-state index contributed by atoms with van der Waals surface area (Å²) in [5, 5.41) is 3.29. The highest BCUT2D eigenvalue weighted by molar-refractivity contribution is 6.35. The van der Waals surface area contributed by atoms with Gasteiger partial charge in [0.1, 0.15) is 28.0 Å². The number of pyridine rings is 1. The summed E-state index contributed by atoms with van der Waals surface area (Å²) in [6, 6.07) is 3.37. The third-order valence-corrected chi connectivity index (χ3v) is 4.28. The van der Waals surface area contributed by atoms with Crippen LogP contribution in [0.3, 0.4) is 0 Å². The predicted octanol–water partition coefficient (Wildman–Crippen LogP) is 5.59. The maximum atomic E-state index is 12.8. The fourth-order valence-electron chi connectivity index (χ4n) is 2.93. The van der Waals surface area contributed by atoms with Crippen LogP contribution in [0.4, 0.5) is 15.4 Å². The second-order valence-corrected chi connectivity index (χ2v) is 9.57. The quantitative estimate of drug-likeness (QED) is 0.498. The summed E-state index contributed by atoms with van der Waals surface area (Å²) < 4.78 is 12.1. The molecule has 0 aliphatic carbocycles. The number of halogens is 1. The Kier molecular flexibility index (Phi) is 6.15. The zero-order valence-electron chi connectivity index (χ0n) is 19.1. The molecule has 3 aromatic rings. The molecule has 0 spiro atoms. The standard InChI is InChI=1S/C22H26ClN5O4/c1-12-25-17(23)16-14(11-28(18(16)26-12)20(30)32-22(5,6)7)13-8-9-24-15(10-13)27-19(29)31-21(2,3)4/h8-11H,1-7H3,(H,24,27,29). The summed E-state index contributed by atoms with van der Waals surface area (Å²) in [4.78, 5) is 37.8. The van der Waals surface area contributed by atoms with E-state index in [1.54, 1.807) is 66.8 Å². The Morgan fingerprint density at radius 3 is 2.34 bits per heavy atom. The predicted molar refractivity (Wildman–Crippen MR) is 122 cm³/mol. The SMILES string of the molecule is Cc1nc(Cl)c2c(-c3ccnc(NC(=O)OC(C)(C)C)c3)cn(C(=O)OC(C)(C)C)c2n1. The molecule has 3 heterocycles. The van der Waals surface area contributed by atoms with Crippen molar-refractivity contribution in [2.75, 3.05) is 5.32 Å². The van der Waals surface area contributed by atoms with Gasteiger partial charge in [-0.3, -0.25) is 5.32 Å². The van der Waals surface area contributed by atoms with Gasteiger partial charge in [0, 0.05) is 18.0 Å². The number of aryl methyl sites for hydroxylation is 1. The van der Waals surface area contributed by atoms with Gasteiger partial charge in [0.05, 0.1) is 5.39 Å². The number of amides is 1. The van der Waals surface area contributed by atoms with Crippen molar-refractivity contribution in [2.45, 2.75) is 59.7 Å². The number of carbonyl (C=O) groups excluding carboxylic acids is 2. The summed E-state index contributed by atoms with van der Waals surface area (Å²) in [5.41, 5.74) is 0.218. The molecule has 0 radical (unpaired) electrons. The Balaban J connectivity index is 2.08. The van der Waals surface area contributed by atoms with Gasteiger partial charge < -0.3 is 9.47 Å². The maximum Gasteiger partial charge on any atom is 0.420 e. The van der Waals surface area contributed by atoms with Crippen molar-refractivity contribution in [3.8, 4) is 11.1 Å². The summed E-state index contributed by atoms with van der Waals surface area (Å²) in [7, 11) is 0. The van der Waals surface area contributed by atoms with E-state index < -0.39 is 23.4 Å². The molecule has 0 saturated carbocycles. The molecule has 1 amide bonds. The van der Waals surface area contributed by atoms with E-state index in [0.717, 1.165) is 0 Å². The van der Waals surface area contributed by atoms with Crippen LogP contribution in [0.5, 0.6) is 0 Å². The number of rotatable bonds is 2. The molecule has 32 heavy (non-hydrogen) atoms. The Morgan fingerprint density at radius 1 is 1.06 bits per heavy atom. The number of fused-ring (bicyclic) bond motifs is 1. The van der Waals surface area contributed by atoms with Crippen LogP contribution in [-0.2, 0) is 9.47 Å². The van der Waals surface area contributed by atoms with Gasteiger partial charge in [-0.05, 0) is 66.2 Å². The first-order valence-corrected chi connectivity index (χ1v) is 10.4. The van der Waals surface area contributed by atoms with E-state index in [2.05, 4.69) is 20.3 Å². The zero-order chi connectivity index (χ0) is 23.8. The number of anilines is 1. The van der Waals surface area contributed by atoms with E-state index in [1.807, 2.05) is 0 Å². The molecule has 0 aliphatic rings. The van der Waals surface area contributed by atoms with Crippen LogP contribution < -0.4 is 5.32 Å². The molecule has 0 aliphatic heterocycles. The minimum atomic E-state index is -0.694. The fraction of sp³-hybridized carbons (Fsp3) is 0.409. The molecular weight excluding hydrogens is 434 g/mol. The molecule has 3 aromatic heterocycles. The summed E-state index contributed by atoms with van der Waals surface area (Å²) >= 11 is 6.44. The van der Waals surface area contributed by atoms with E-state index in [9.17, 15) is 9.59 Å². The Labute approximate surface area is 191 Å². The first-order valence-electron chi connectivity index (χ1n) is 9.98. The molecule has 0 unspecified atom stereocenters. The van der Waals surface area contributed by atoms with Crippen LogP contribution in [0.15, 0.2) is 24.5 Å². The molecule has 0 bridgehead atoms. The minimum Gasteiger partial charge on any atom is -0.444 e. The molecule has 1 N–H and O–H groups in total. The Bertz CT molecular complexity index is 1190. The lowest BCUT2D eigenvalue weighted by Crippen LogP contribution is -2.27. The first kappa shape index (κ1) is 23.5. The summed E-state index contributed by atoms with van der Waals surface area (Å²) in [6.45, 7) is 12.3. The van der Waals surface area contributed by atoms with Crippen molar-refractivity contribution < 1.29 is 19.1 Å². The van der Waals surface area contributed by atoms with Gasteiger partial charge in [-0.1, -0.05) is 11.6 Å². The second-order valence-electron chi connectivity index (χ2n) is 9.21. The van der Waals surface area contributed by atoms with Crippen molar-refractivity contribution in [1.29, 1.82) is 0 Å². The van der Waals surface area contributed by atoms with Gasteiger partial charge in [0.15, 0.2) is 5.65 Å². The van der Waals surface area contributed by atoms with Crippen molar-refractivity contribution in [3.05, 3.63) is 35.5 Å². The van der Waals surface area contributed by atoms with Crippen molar-refractivity contribution in [3.63, 3.8) is 0 Å². The first-order chi connectivity index (χ1) is 14.7. The zero-order valence-corrected chi connectivity index (χ0v) is 19.9. The minimum absolute atomic E-state index is 0.197. The number of nitrogens with one attached hydrogen (secondary N) is 1. The normalized spacial score (nSPS) is 12.0. The molecule has 0 aromatic carbocycles. The van der Waals surface area contributed by atoms with Crippen LogP contribution in [0.2, 0.25) is 5.15 Å². The summed E-state index contributed by atoms with van der Waals surface area (Å²) in [6.07, 6.45) is 1.90. The monoisotopic (exact) mass is 459 g/mol. The van der Waals surface area contributed by atoms with Crippen molar-refractivity contribution >= 4 is 40.6 Å². The molecule has 10 heteroatoms. The van der Waals surface area contributed by atoms with Crippen LogP contribution in [0, 0.1) is 6.92 Å². The van der Waals surface area contributed by atoms with Crippen LogP contribution >= 0.6 is 11.6 Å². The van der Waals surface area contributed by atoms with Gasteiger partial charge in [-0.15, -0.1) is 0 Å². The van der Waals surface area contributed by atoms with Gasteiger partial charge in [0.25, 0.3) is 0 Å². The molecule has 0 saturated heterocycles. The topological polar surface area (TPSA) is 108 Å². The van der Waals surface area contributed by atoms with Crippen molar-refractivity contribution in [2.24, 2.45) is 0 Å². The van der Waals surface area contributed by atoms with Gasteiger partial charge in [0.2, 0.25) is 0 Å². The van der Waals surface area contributed by atoms with E-state index >= 15 is 0 Å². The average Bonchev–Trinajstić information content (AvgIpc) is 2.98. The van der Waals surface area contributed by atoms with Crippen LogP contribution in [0.25, 0.3) is 22.2 Å². The third-order valence-electron chi connectivity index (χ3n) is 4.00.